The average Bonchev–Trinajstić information content (AvgIpc) is 2.35. The van der Waals surface area contributed by atoms with Crippen LogP contribution in [0.15, 0.2) is 42.5 Å². The van der Waals surface area contributed by atoms with Crippen LogP contribution < -0.4 is 4.31 Å². The second-order valence-electron chi connectivity index (χ2n) is 3.55. The van der Waals surface area contributed by atoms with Gasteiger partial charge in [0, 0.05) is 17.8 Å². The average molecular weight is 270 g/mol. The second-order valence-corrected chi connectivity index (χ2v) is 4.88. The van der Waals surface area contributed by atoms with E-state index in [2.05, 4.69) is 0 Å². The highest BCUT2D eigenvalue weighted by Gasteiger charge is 2.10. The summed E-state index contributed by atoms with van der Waals surface area (Å²) in [6, 6.07) is 13.3. The quantitative estimate of drug-likeness (QED) is 0.684. The van der Waals surface area contributed by atoms with Gasteiger partial charge in [0.25, 0.3) is 0 Å². The van der Waals surface area contributed by atoms with Gasteiger partial charge in [-0.3, -0.25) is 4.31 Å². The predicted octanol–water partition coefficient (Wildman–Crippen LogP) is 2.41. The zero-order valence-electron chi connectivity index (χ0n) is 9.04. The molecule has 0 unspecified atom stereocenters. The van der Waals surface area contributed by atoms with Crippen LogP contribution in [0.2, 0.25) is 0 Å². The fraction of sp³-hybridized carbons (Fsp3) is 0.167. The van der Waals surface area contributed by atoms with E-state index < -0.39 is 10.9 Å². The van der Waals surface area contributed by atoms with Crippen LogP contribution in [0.4, 0.5) is 5.69 Å². The molecule has 0 aliphatic carbocycles. The number of fused-ring (bicyclic) bond motifs is 1. The molecule has 0 saturated heterocycles. The predicted molar refractivity (Wildman–Crippen MR) is 72.3 cm³/mol. The first kappa shape index (κ1) is 12.2. The Kier molecular flexibility index (Phi) is 3.86. The van der Waals surface area contributed by atoms with E-state index in [1.54, 1.807) is 6.07 Å². The zero-order chi connectivity index (χ0) is 12.3. The molecule has 2 aromatic carbocycles. The first-order valence-electron chi connectivity index (χ1n) is 5.19. The minimum absolute atomic E-state index is 0.270. The molecule has 0 heterocycles. The van der Waals surface area contributed by atoms with Gasteiger partial charge in [-0.1, -0.05) is 36.4 Å². The summed E-state index contributed by atoms with van der Waals surface area (Å²) in [5.41, 5.74) is 0.680. The third-order valence-corrected chi connectivity index (χ3v) is 3.52. The Bertz CT molecular complexity index is 585. The first-order chi connectivity index (χ1) is 8.24. The Morgan fingerprint density at radius 3 is 2.47 bits per heavy atom. The van der Waals surface area contributed by atoms with Crippen molar-refractivity contribution in [2.75, 3.05) is 16.7 Å². The van der Waals surface area contributed by atoms with Crippen molar-refractivity contribution in [1.29, 1.82) is 0 Å². The third kappa shape index (κ3) is 2.53. The molecule has 5 heteroatoms. The Labute approximate surface area is 107 Å². The van der Waals surface area contributed by atoms with Gasteiger partial charge in [0.2, 0.25) is 10.9 Å². The Morgan fingerprint density at radius 2 is 1.76 bits per heavy atom. The number of hydrogen-bond donors (Lipinski definition) is 1. The van der Waals surface area contributed by atoms with Crippen molar-refractivity contribution >= 4 is 39.0 Å². The maximum atomic E-state index is 11.2. The molecule has 0 N–H and O–H groups in total. The van der Waals surface area contributed by atoms with E-state index >= 15 is 0 Å². The molecular formula is C12H12ClNO2S. The molecule has 0 aliphatic rings. The van der Waals surface area contributed by atoms with Gasteiger partial charge in [0.1, 0.15) is 0 Å². The standard InChI is InChI=1S/C12H12ClNO2S/c13-8-9-14(17(15)16)12-7-3-5-10-4-1-2-6-11(10)12/h1-7,17H,8-9H2. The fourth-order valence-corrected chi connectivity index (χ4v) is 2.70. The molecule has 0 aromatic heterocycles. The molecule has 0 aliphatic heterocycles. The van der Waals surface area contributed by atoms with Gasteiger partial charge in [0.15, 0.2) is 0 Å². The van der Waals surface area contributed by atoms with Crippen LogP contribution in [0.25, 0.3) is 10.8 Å². The molecule has 0 bridgehead atoms. The maximum absolute atomic E-state index is 11.2. The molecule has 90 valence electrons. The van der Waals surface area contributed by atoms with E-state index in [0.29, 0.717) is 5.69 Å². The number of hydrogen-bond acceptors (Lipinski definition) is 2. The summed E-state index contributed by atoms with van der Waals surface area (Å²) in [4.78, 5) is 0. The first-order valence-corrected chi connectivity index (χ1v) is 6.86. The number of nitrogens with zero attached hydrogens (tertiary/aromatic N) is 1. The number of anilines is 1. The topological polar surface area (TPSA) is 37.4 Å². The van der Waals surface area contributed by atoms with Gasteiger partial charge in [-0.25, -0.2) is 8.42 Å². The van der Waals surface area contributed by atoms with Crippen molar-refractivity contribution in [1.82, 2.24) is 0 Å². The van der Waals surface area contributed by atoms with E-state index in [0.717, 1.165) is 10.8 Å². The summed E-state index contributed by atoms with van der Waals surface area (Å²) in [5.74, 6) is 0.270. The normalized spacial score (nSPS) is 10.9. The number of benzene rings is 2. The minimum Gasteiger partial charge on any atom is -0.271 e. The van der Waals surface area contributed by atoms with Gasteiger partial charge in [0.05, 0.1) is 5.69 Å². The molecule has 0 amide bonds. The van der Waals surface area contributed by atoms with Gasteiger partial charge in [-0.2, -0.15) is 0 Å². The van der Waals surface area contributed by atoms with Crippen molar-refractivity contribution in [2.45, 2.75) is 0 Å². The lowest BCUT2D eigenvalue weighted by atomic mass is 10.1. The van der Waals surface area contributed by atoms with Crippen LogP contribution in [-0.2, 0) is 10.9 Å². The van der Waals surface area contributed by atoms with Crippen LogP contribution in [-0.4, -0.2) is 20.8 Å². The molecular weight excluding hydrogens is 258 g/mol. The van der Waals surface area contributed by atoms with Crippen LogP contribution in [0, 0.1) is 0 Å². The molecule has 0 radical (unpaired) electrons. The molecule has 3 nitrogen and oxygen atoms in total. The summed E-state index contributed by atoms with van der Waals surface area (Å²) in [6.07, 6.45) is 0. The van der Waals surface area contributed by atoms with Crippen LogP contribution in [0.1, 0.15) is 0 Å². The smallest absolute Gasteiger partial charge is 0.225 e. The summed E-state index contributed by atoms with van der Waals surface area (Å²) in [6.45, 7) is 0.286. The van der Waals surface area contributed by atoms with Crippen molar-refractivity contribution in [2.24, 2.45) is 0 Å². The SMILES string of the molecule is O=[SH](=O)N(CCCl)c1cccc2ccccc12. The Morgan fingerprint density at radius 1 is 1.06 bits per heavy atom. The highest BCUT2D eigenvalue weighted by atomic mass is 35.5. The molecule has 2 aromatic rings. The lowest BCUT2D eigenvalue weighted by molar-refractivity contribution is 0.611. The molecule has 0 atom stereocenters. The molecule has 0 fully saturated rings. The third-order valence-electron chi connectivity index (χ3n) is 2.54. The van der Waals surface area contributed by atoms with Crippen molar-refractivity contribution in [3.63, 3.8) is 0 Å². The highest BCUT2D eigenvalue weighted by molar-refractivity contribution is 7.74. The van der Waals surface area contributed by atoms with Crippen molar-refractivity contribution in [3.05, 3.63) is 42.5 Å². The van der Waals surface area contributed by atoms with Gasteiger partial charge in [-0.15, -0.1) is 11.6 Å². The fourth-order valence-electron chi connectivity index (χ4n) is 1.80. The second kappa shape index (κ2) is 5.38. The number of rotatable bonds is 4. The van der Waals surface area contributed by atoms with E-state index in [-0.39, 0.29) is 12.4 Å². The van der Waals surface area contributed by atoms with Crippen molar-refractivity contribution < 1.29 is 8.42 Å². The lowest BCUT2D eigenvalue weighted by Crippen LogP contribution is -2.23. The molecule has 2 rings (SSSR count). The van der Waals surface area contributed by atoms with E-state index in [1.165, 1.54) is 4.31 Å². The largest absolute Gasteiger partial charge is 0.271 e. The summed E-state index contributed by atoms with van der Waals surface area (Å²) in [5, 5.41) is 1.93. The highest BCUT2D eigenvalue weighted by Crippen LogP contribution is 2.26. The molecule has 0 spiro atoms. The van der Waals surface area contributed by atoms with Gasteiger partial charge in [-0.05, 0) is 11.5 Å². The number of alkyl halides is 1. The molecule has 0 saturated carbocycles. The van der Waals surface area contributed by atoms with E-state index in [9.17, 15) is 8.42 Å². The monoisotopic (exact) mass is 269 g/mol. The van der Waals surface area contributed by atoms with Gasteiger partial charge >= 0.3 is 0 Å². The van der Waals surface area contributed by atoms with Crippen molar-refractivity contribution in [3.8, 4) is 0 Å². The van der Waals surface area contributed by atoms with Crippen LogP contribution >= 0.6 is 11.6 Å². The number of halogens is 1. The van der Waals surface area contributed by atoms with Crippen LogP contribution in [0.5, 0.6) is 0 Å². The van der Waals surface area contributed by atoms with E-state index in [4.69, 9.17) is 11.6 Å². The lowest BCUT2D eigenvalue weighted by Gasteiger charge is -2.18. The van der Waals surface area contributed by atoms with Gasteiger partial charge < -0.3 is 0 Å². The summed E-state index contributed by atoms with van der Waals surface area (Å²) >= 11 is 5.63. The van der Waals surface area contributed by atoms with Crippen LogP contribution in [0.3, 0.4) is 0 Å². The Hall–Kier alpha value is -1.26. The summed E-state index contributed by atoms with van der Waals surface area (Å²) < 4.78 is 23.8. The summed E-state index contributed by atoms with van der Waals surface area (Å²) in [7, 11) is -2.67. The minimum atomic E-state index is -2.67. The maximum Gasteiger partial charge on any atom is 0.225 e. The zero-order valence-corrected chi connectivity index (χ0v) is 10.7. The number of thiol groups is 1. The Balaban J connectivity index is 2.60. The molecule has 17 heavy (non-hydrogen) atoms. The van der Waals surface area contributed by atoms with E-state index in [1.807, 2.05) is 36.4 Å².